The lowest BCUT2D eigenvalue weighted by molar-refractivity contribution is -0.138. The second-order valence-corrected chi connectivity index (χ2v) is 11.0. The summed E-state index contributed by atoms with van der Waals surface area (Å²) >= 11 is 1.43. The largest absolute Gasteiger partial charge is 0.462 e. The van der Waals surface area contributed by atoms with Gasteiger partial charge >= 0.3 is 6.09 Å². The smallest absolute Gasteiger partial charge is 0.410 e. The van der Waals surface area contributed by atoms with Crippen LogP contribution in [0.25, 0.3) is 10.8 Å². The molecule has 0 aliphatic carbocycles. The van der Waals surface area contributed by atoms with Crippen LogP contribution in [0.4, 0.5) is 4.79 Å². The monoisotopic (exact) mass is 488 g/mol. The first-order valence-electron chi connectivity index (χ1n) is 11.7. The minimum Gasteiger partial charge on any atom is -0.462 e. The number of carbonyl (C=O) groups is 3. The first-order chi connectivity index (χ1) is 16.1. The molecule has 10 heteroatoms. The van der Waals surface area contributed by atoms with Gasteiger partial charge in [0.1, 0.15) is 11.3 Å². The van der Waals surface area contributed by atoms with Gasteiger partial charge in [-0.1, -0.05) is 0 Å². The summed E-state index contributed by atoms with van der Waals surface area (Å²) in [7, 11) is 0. The zero-order valence-electron chi connectivity index (χ0n) is 20.2. The first kappa shape index (κ1) is 24.3. The Bertz CT molecular complexity index is 1030. The number of thiazole rings is 1. The van der Waals surface area contributed by atoms with Crippen LogP contribution in [-0.4, -0.2) is 82.5 Å². The average molecular weight is 489 g/mol. The Balaban J connectivity index is 1.35. The van der Waals surface area contributed by atoms with Gasteiger partial charge < -0.3 is 23.9 Å². The maximum absolute atomic E-state index is 13.2. The number of furan rings is 1. The number of likely N-dealkylation sites (tertiary alicyclic amines) is 1. The molecule has 0 aromatic carbocycles. The molecule has 2 fully saturated rings. The van der Waals surface area contributed by atoms with Crippen LogP contribution in [0.1, 0.15) is 49.0 Å². The summed E-state index contributed by atoms with van der Waals surface area (Å²) < 4.78 is 10.9. The molecule has 2 aromatic rings. The van der Waals surface area contributed by atoms with Crippen molar-refractivity contribution in [1.29, 1.82) is 0 Å². The van der Waals surface area contributed by atoms with Gasteiger partial charge in [-0.25, -0.2) is 9.78 Å². The molecule has 0 N–H and O–H groups in total. The van der Waals surface area contributed by atoms with E-state index in [0.717, 1.165) is 17.7 Å². The van der Waals surface area contributed by atoms with Crippen molar-refractivity contribution >= 4 is 29.2 Å². The second-order valence-electron chi connectivity index (χ2n) is 9.78. The van der Waals surface area contributed by atoms with Crippen LogP contribution >= 0.6 is 11.3 Å². The number of nitrogens with zero attached hydrogens (tertiary/aromatic N) is 4. The zero-order valence-corrected chi connectivity index (χ0v) is 21.0. The SMILES string of the molecule is Cc1sc(-c2ccco2)nc1C(=O)N1CCC[C@H](C(=O)N2CCN(C(=O)OC(C)(C)C)CC2)C1. The Morgan fingerprint density at radius 3 is 2.44 bits per heavy atom. The van der Waals surface area contributed by atoms with E-state index in [0.29, 0.717) is 55.7 Å². The maximum atomic E-state index is 13.2. The third kappa shape index (κ3) is 5.43. The van der Waals surface area contributed by atoms with Crippen LogP contribution in [0.3, 0.4) is 0 Å². The molecule has 2 aliphatic rings. The third-order valence-electron chi connectivity index (χ3n) is 6.03. The molecule has 0 bridgehead atoms. The Kier molecular flexibility index (Phi) is 6.97. The van der Waals surface area contributed by atoms with Gasteiger partial charge in [0.05, 0.1) is 12.2 Å². The fraction of sp³-hybridized carbons (Fsp3) is 0.583. The highest BCUT2D eigenvalue weighted by Gasteiger charge is 2.35. The molecule has 4 heterocycles. The lowest BCUT2D eigenvalue weighted by atomic mass is 9.96. The van der Waals surface area contributed by atoms with E-state index >= 15 is 0 Å². The van der Waals surface area contributed by atoms with Crippen molar-refractivity contribution < 1.29 is 23.5 Å². The number of piperidine rings is 1. The summed E-state index contributed by atoms with van der Waals surface area (Å²) in [6.07, 6.45) is 2.76. The number of hydrogen-bond donors (Lipinski definition) is 0. The van der Waals surface area contributed by atoms with Crippen LogP contribution in [0.2, 0.25) is 0 Å². The van der Waals surface area contributed by atoms with Gasteiger partial charge in [0.15, 0.2) is 10.8 Å². The Hall–Kier alpha value is -2.88. The molecule has 184 valence electrons. The van der Waals surface area contributed by atoms with Crippen molar-refractivity contribution in [2.24, 2.45) is 5.92 Å². The van der Waals surface area contributed by atoms with E-state index in [4.69, 9.17) is 9.15 Å². The van der Waals surface area contributed by atoms with Crippen LogP contribution in [0.5, 0.6) is 0 Å². The van der Waals surface area contributed by atoms with Crippen molar-refractivity contribution in [2.45, 2.75) is 46.1 Å². The number of hydrogen-bond acceptors (Lipinski definition) is 7. The molecule has 3 amide bonds. The highest BCUT2D eigenvalue weighted by Crippen LogP contribution is 2.30. The van der Waals surface area contributed by atoms with E-state index < -0.39 is 5.60 Å². The third-order valence-corrected chi connectivity index (χ3v) is 7.02. The number of aryl methyl sites for hydroxylation is 1. The number of rotatable bonds is 3. The predicted octanol–water partition coefficient (Wildman–Crippen LogP) is 3.64. The van der Waals surface area contributed by atoms with Crippen molar-refractivity contribution in [3.8, 4) is 10.8 Å². The normalized spacial score (nSPS) is 19.3. The molecule has 4 rings (SSSR count). The summed E-state index contributed by atoms with van der Waals surface area (Å²) in [5.74, 6) is 0.310. The Morgan fingerprint density at radius 2 is 1.79 bits per heavy atom. The van der Waals surface area contributed by atoms with E-state index in [1.807, 2.05) is 38.7 Å². The first-order valence-corrected chi connectivity index (χ1v) is 12.5. The number of carbonyl (C=O) groups excluding carboxylic acids is 3. The number of piperazine rings is 1. The summed E-state index contributed by atoms with van der Waals surface area (Å²) in [5.41, 5.74) is -0.119. The van der Waals surface area contributed by atoms with E-state index in [-0.39, 0.29) is 23.8 Å². The quantitative estimate of drug-likeness (QED) is 0.655. The average Bonchev–Trinajstić information content (AvgIpc) is 3.47. The molecular weight excluding hydrogens is 456 g/mol. The van der Waals surface area contributed by atoms with Gasteiger partial charge in [0.25, 0.3) is 5.91 Å². The van der Waals surface area contributed by atoms with E-state index in [1.54, 1.807) is 22.1 Å². The van der Waals surface area contributed by atoms with Gasteiger partial charge in [-0.2, -0.15) is 0 Å². The number of ether oxygens (including phenoxy) is 1. The topological polar surface area (TPSA) is 96.2 Å². The second kappa shape index (κ2) is 9.77. The molecule has 1 atom stereocenters. The van der Waals surface area contributed by atoms with Gasteiger partial charge in [-0.05, 0) is 52.7 Å². The highest BCUT2D eigenvalue weighted by atomic mass is 32.1. The van der Waals surface area contributed by atoms with Gasteiger partial charge in [-0.3, -0.25) is 9.59 Å². The van der Waals surface area contributed by atoms with Crippen molar-refractivity contribution in [3.05, 3.63) is 29.0 Å². The lowest BCUT2D eigenvalue weighted by Crippen LogP contribution is -2.54. The van der Waals surface area contributed by atoms with Gasteiger partial charge in [0, 0.05) is 44.1 Å². The zero-order chi connectivity index (χ0) is 24.5. The standard InChI is InChI=1S/C24H32N4O5S/c1-16-19(25-20(34-16)18-8-6-14-32-18)22(30)28-9-5-7-17(15-28)21(29)26-10-12-27(13-11-26)23(31)33-24(2,3)4/h6,8,14,17H,5,7,9-13,15H2,1-4H3/t17-/m0/s1. The maximum Gasteiger partial charge on any atom is 0.410 e. The van der Waals surface area contributed by atoms with Crippen LogP contribution in [-0.2, 0) is 9.53 Å². The molecule has 2 aromatic heterocycles. The summed E-state index contributed by atoms with van der Waals surface area (Å²) in [4.78, 5) is 49.3. The van der Waals surface area contributed by atoms with Crippen LogP contribution in [0.15, 0.2) is 22.8 Å². The highest BCUT2D eigenvalue weighted by molar-refractivity contribution is 7.15. The van der Waals surface area contributed by atoms with E-state index in [1.165, 1.54) is 11.3 Å². The van der Waals surface area contributed by atoms with Gasteiger partial charge in [0.2, 0.25) is 5.91 Å². The molecule has 9 nitrogen and oxygen atoms in total. The molecule has 0 saturated carbocycles. The fourth-order valence-electron chi connectivity index (χ4n) is 4.31. The van der Waals surface area contributed by atoms with Crippen LogP contribution in [0, 0.1) is 12.8 Å². The van der Waals surface area contributed by atoms with Crippen LogP contribution < -0.4 is 0 Å². The molecule has 0 spiro atoms. The van der Waals surface area contributed by atoms with Gasteiger partial charge in [-0.15, -0.1) is 11.3 Å². The molecule has 2 saturated heterocycles. The molecule has 34 heavy (non-hydrogen) atoms. The Labute approximate surface area is 203 Å². The summed E-state index contributed by atoms with van der Waals surface area (Å²) in [6, 6.07) is 3.62. The van der Waals surface area contributed by atoms with E-state index in [2.05, 4.69) is 4.98 Å². The number of aromatic nitrogens is 1. The van der Waals surface area contributed by atoms with Crippen molar-refractivity contribution in [1.82, 2.24) is 19.7 Å². The van der Waals surface area contributed by atoms with Crippen molar-refractivity contribution in [3.63, 3.8) is 0 Å². The minimum absolute atomic E-state index is 0.0487. The van der Waals surface area contributed by atoms with E-state index in [9.17, 15) is 14.4 Å². The lowest BCUT2D eigenvalue weighted by Gasteiger charge is -2.39. The molecule has 0 radical (unpaired) electrons. The molecular formula is C24H32N4O5S. The molecule has 0 unspecified atom stereocenters. The summed E-state index contributed by atoms with van der Waals surface area (Å²) in [5, 5.41) is 0.679. The predicted molar refractivity (Wildman–Crippen MR) is 128 cm³/mol. The molecule has 2 aliphatic heterocycles. The van der Waals surface area contributed by atoms with Crippen molar-refractivity contribution in [2.75, 3.05) is 39.3 Å². The Morgan fingerprint density at radius 1 is 1.09 bits per heavy atom. The summed E-state index contributed by atoms with van der Waals surface area (Å²) in [6.45, 7) is 10.2. The fourth-order valence-corrected chi connectivity index (χ4v) is 5.18. The minimum atomic E-state index is -0.545. The number of amides is 3.